The Morgan fingerprint density at radius 2 is 1.58 bits per heavy atom. The minimum atomic E-state index is -5.11. The molecule has 0 aliphatic carbocycles. The van der Waals surface area contributed by atoms with E-state index in [9.17, 15) is 50.2 Å². The Morgan fingerprint density at radius 3 is 2.10 bits per heavy atom. The molecule has 4 rings (SSSR count). The van der Waals surface area contributed by atoms with Gasteiger partial charge in [0, 0.05) is 13.6 Å². The quantitative estimate of drug-likeness (QED) is 0.0861. The first-order valence-corrected chi connectivity index (χ1v) is 21.8. The molecule has 322 valence electrons. The number of ether oxygens (including phenoxy) is 1. The van der Waals surface area contributed by atoms with Crippen molar-refractivity contribution in [1.29, 1.82) is 0 Å². The average molecular weight is 854 g/mol. The molecule has 59 heavy (non-hydrogen) atoms. The number of amides is 3. The van der Waals surface area contributed by atoms with Gasteiger partial charge in [0.15, 0.2) is 5.76 Å². The first-order valence-electron chi connectivity index (χ1n) is 18.8. The summed E-state index contributed by atoms with van der Waals surface area (Å²) in [5.41, 5.74) is -3.28. The number of carbonyl (C=O) groups excluding carboxylic acids is 2. The number of alkyl carbamates (subject to hydrolysis) is 1. The van der Waals surface area contributed by atoms with E-state index in [1.165, 1.54) is 43.1 Å². The maximum atomic E-state index is 14.5. The van der Waals surface area contributed by atoms with E-state index < -0.39 is 78.9 Å². The molecule has 1 aliphatic heterocycles. The standard InChI is InChI=1S/C42H50F7N3O6Si/c1-26-20-32(43)14-15-33(26)34-24-40(50-37(55)57-25-28-12-10-9-11-13-28,17-16-35(36(53)54)58-59(7,8)39(3,4)5)18-19-52(34)38(56)51(6)27(2)29-21-30(41(44,45)46)23-31(22-29)42(47,48)49/h9-16,20-23,27,34H,17-19,24-25H2,1-8H3,(H,50,55)(H,53,54)/b35-16+/t27-,34+,40-/m0/s1. The third-order valence-electron chi connectivity index (χ3n) is 11.2. The largest absolute Gasteiger partial charge is 0.539 e. The van der Waals surface area contributed by atoms with Crippen LogP contribution in [0.5, 0.6) is 0 Å². The smallest absolute Gasteiger partial charge is 0.416 e. The number of aryl methyl sites for hydroxylation is 1. The van der Waals surface area contributed by atoms with Gasteiger partial charge in [0.1, 0.15) is 12.4 Å². The first kappa shape index (κ1) is 46.6. The summed E-state index contributed by atoms with van der Waals surface area (Å²) in [4.78, 5) is 43.0. The van der Waals surface area contributed by atoms with Gasteiger partial charge in [0.25, 0.3) is 8.32 Å². The van der Waals surface area contributed by atoms with Crippen molar-refractivity contribution >= 4 is 26.4 Å². The van der Waals surface area contributed by atoms with Crippen LogP contribution in [0, 0.1) is 12.7 Å². The molecule has 3 amide bonds. The predicted molar refractivity (Wildman–Crippen MR) is 209 cm³/mol. The van der Waals surface area contributed by atoms with Crippen LogP contribution in [0.1, 0.15) is 92.4 Å². The van der Waals surface area contributed by atoms with Gasteiger partial charge in [-0.1, -0.05) is 57.2 Å². The number of carboxylic acid groups (broad SMARTS) is 1. The van der Waals surface area contributed by atoms with Crippen molar-refractivity contribution in [2.24, 2.45) is 0 Å². The minimum absolute atomic E-state index is 0.00895. The number of hydrogen-bond acceptors (Lipinski definition) is 5. The predicted octanol–water partition coefficient (Wildman–Crippen LogP) is 11.2. The number of halogens is 7. The topological polar surface area (TPSA) is 108 Å². The van der Waals surface area contributed by atoms with Crippen LogP contribution < -0.4 is 5.32 Å². The summed E-state index contributed by atoms with van der Waals surface area (Å²) >= 11 is 0. The lowest BCUT2D eigenvalue weighted by Gasteiger charge is -2.48. The summed E-state index contributed by atoms with van der Waals surface area (Å²) in [6, 6.07) is 10.8. The number of nitrogens with zero attached hydrogens (tertiary/aromatic N) is 2. The zero-order valence-corrected chi connectivity index (χ0v) is 35.1. The second-order valence-electron chi connectivity index (χ2n) is 16.5. The van der Waals surface area contributed by atoms with Crippen LogP contribution in [0.4, 0.5) is 40.3 Å². The van der Waals surface area contributed by atoms with Gasteiger partial charge in [-0.05, 0) is 110 Å². The molecule has 0 aromatic heterocycles. The molecule has 0 radical (unpaired) electrons. The molecule has 1 heterocycles. The number of nitrogens with one attached hydrogen (secondary N) is 1. The van der Waals surface area contributed by atoms with E-state index in [2.05, 4.69) is 5.32 Å². The molecule has 0 bridgehead atoms. The first-order chi connectivity index (χ1) is 27.1. The van der Waals surface area contributed by atoms with Crippen LogP contribution in [0.2, 0.25) is 18.1 Å². The van der Waals surface area contributed by atoms with E-state index in [-0.39, 0.29) is 49.3 Å². The molecule has 3 atom stereocenters. The maximum Gasteiger partial charge on any atom is 0.416 e. The summed E-state index contributed by atoms with van der Waals surface area (Å²) in [6.07, 6.45) is -9.94. The van der Waals surface area contributed by atoms with Gasteiger partial charge in [-0.2, -0.15) is 26.3 Å². The van der Waals surface area contributed by atoms with E-state index in [4.69, 9.17) is 9.16 Å². The minimum Gasteiger partial charge on any atom is -0.539 e. The van der Waals surface area contributed by atoms with E-state index in [1.807, 2.05) is 33.9 Å². The molecule has 1 fully saturated rings. The second kappa shape index (κ2) is 17.7. The van der Waals surface area contributed by atoms with Crippen LogP contribution in [0.25, 0.3) is 0 Å². The average Bonchev–Trinajstić information content (AvgIpc) is 3.13. The molecule has 2 N–H and O–H groups in total. The number of rotatable bonds is 11. The highest BCUT2D eigenvalue weighted by atomic mass is 28.4. The highest BCUT2D eigenvalue weighted by Gasteiger charge is 2.46. The van der Waals surface area contributed by atoms with Crippen LogP contribution >= 0.6 is 0 Å². The number of benzene rings is 3. The molecule has 9 nitrogen and oxygen atoms in total. The monoisotopic (exact) mass is 853 g/mol. The lowest BCUT2D eigenvalue weighted by Crippen LogP contribution is -2.58. The summed E-state index contributed by atoms with van der Waals surface area (Å²) in [5, 5.41) is 12.8. The number of carbonyl (C=O) groups is 3. The fourth-order valence-electron chi connectivity index (χ4n) is 6.62. The molecule has 3 aromatic carbocycles. The third kappa shape index (κ3) is 11.6. The van der Waals surface area contributed by atoms with Crippen molar-refractivity contribution in [2.75, 3.05) is 13.6 Å². The molecular weight excluding hydrogens is 804 g/mol. The lowest BCUT2D eigenvalue weighted by molar-refractivity contribution is -0.143. The zero-order valence-electron chi connectivity index (χ0n) is 34.1. The number of aliphatic carboxylic acids is 1. The molecule has 1 saturated heterocycles. The summed E-state index contributed by atoms with van der Waals surface area (Å²) in [5.74, 6) is -2.26. The SMILES string of the molecule is Cc1cc(F)ccc1[C@H]1C[C@@](C/C=C(/O[Si](C)(C)C(C)(C)C)C(=O)O)(NC(=O)OCc2ccccc2)CCN1C(=O)N(C)[C@@H](C)c1cc(C(F)(F)F)cc(C(F)(F)F)c1. The fourth-order valence-corrected chi connectivity index (χ4v) is 7.65. The summed E-state index contributed by atoms with van der Waals surface area (Å²) < 4.78 is 109. The van der Waals surface area contributed by atoms with Crippen molar-refractivity contribution in [2.45, 2.75) is 109 Å². The van der Waals surface area contributed by atoms with Crippen LogP contribution in [0.15, 0.2) is 78.6 Å². The number of likely N-dealkylation sites (tertiary alicyclic amines) is 1. The molecule has 17 heteroatoms. The van der Waals surface area contributed by atoms with E-state index >= 15 is 0 Å². The Hall–Kier alpha value is -5.06. The number of alkyl halides is 6. The Balaban J connectivity index is 1.78. The second-order valence-corrected chi connectivity index (χ2v) is 21.2. The number of hydrogen-bond donors (Lipinski definition) is 2. The van der Waals surface area contributed by atoms with Gasteiger partial charge in [-0.15, -0.1) is 0 Å². The van der Waals surface area contributed by atoms with Crippen LogP contribution in [-0.4, -0.2) is 60.4 Å². The van der Waals surface area contributed by atoms with Crippen molar-refractivity contribution in [1.82, 2.24) is 15.1 Å². The van der Waals surface area contributed by atoms with E-state index in [0.717, 1.165) is 4.90 Å². The van der Waals surface area contributed by atoms with Gasteiger partial charge in [0.2, 0.25) is 0 Å². The molecule has 0 spiro atoms. The number of carboxylic acids is 1. The zero-order chi connectivity index (χ0) is 44.3. The Bertz CT molecular complexity index is 2000. The van der Waals surface area contributed by atoms with Crippen molar-refractivity contribution in [3.05, 3.63) is 118 Å². The van der Waals surface area contributed by atoms with Gasteiger partial charge in [-0.25, -0.2) is 18.8 Å². The molecule has 0 saturated carbocycles. The van der Waals surface area contributed by atoms with Crippen molar-refractivity contribution < 1.29 is 59.4 Å². The normalized spacial score (nSPS) is 18.5. The van der Waals surface area contributed by atoms with E-state index in [0.29, 0.717) is 28.8 Å². The van der Waals surface area contributed by atoms with Gasteiger partial charge >= 0.3 is 30.4 Å². The van der Waals surface area contributed by atoms with Crippen LogP contribution in [0.3, 0.4) is 0 Å². The van der Waals surface area contributed by atoms with Crippen LogP contribution in [-0.2, 0) is 32.9 Å². The molecule has 3 aromatic rings. The maximum absolute atomic E-state index is 14.5. The van der Waals surface area contributed by atoms with Gasteiger partial charge in [0.05, 0.1) is 28.7 Å². The van der Waals surface area contributed by atoms with Crippen molar-refractivity contribution in [3.63, 3.8) is 0 Å². The van der Waals surface area contributed by atoms with Crippen molar-refractivity contribution in [3.8, 4) is 0 Å². The Morgan fingerprint density at radius 1 is 0.983 bits per heavy atom. The Labute approximate surface area is 340 Å². The number of urea groups is 1. The summed E-state index contributed by atoms with van der Waals surface area (Å²) in [7, 11) is -1.44. The highest BCUT2D eigenvalue weighted by Crippen LogP contribution is 2.44. The molecule has 1 aliphatic rings. The fraction of sp³-hybridized carbons (Fsp3) is 0.452. The molecular formula is C42H50F7N3O6Si. The van der Waals surface area contributed by atoms with Gasteiger partial charge in [-0.3, -0.25) is 0 Å². The Kier molecular flexibility index (Phi) is 14.0. The third-order valence-corrected chi connectivity index (χ3v) is 15.6. The number of piperidine rings is 1. The van der Waals surface area contributed by atoms with E-state index in [1.54, 1.807) is 37.3 Å². The van der Waals surface area contributed by atoms with Gasteiger partial charge < -0.3 is 29.4 Å². The highest BCUT2D eigenvalue weighted by molar-refractivity contribution is 6.74. The lowest BCUT2D eigenvalue weighted by atomic mass is 9.77. The summed E-state index contributed by atoms with van der Waals surface area (Å²) in [6.45, 7) is 12.2. The molecule has 0 unspecified atom stereocenters.